The molecule has 1 aliphatic carbocycles. The van der Waals surface area contributed by atoms with Gasteiger partial charge in [-0.15, -0.1) is 12.4 Å². The molecule has 4 rings (SSSR count). The molecule has 3 atom stereocenters. The van der Waals surface area contributed by atoms with E-state index in [1.807, 2.05) is 4.90 Å². The molecular weight excluding hydrogens is 355 g/mol. The van der Waals surface area contributed by atoms with Gasteiger partial charge in [0.1, 0.15) is 17.7 Å². The van der Waals surface area contributed by atoms with Gasteiger partial charge in [0.2, 0.25) is 5.91 Å². The third kappa shape index (κ3) is 4.32. The second kappa shape index (κ2) is 8.57. The minimum atomic E-state index is -0.252. The highest BCUT2D eigenvalue weighted by atomic mass is 35.5. The number of rotatable bonds is 3. The molecule has 3 fully saturated rings. The van der Waals surface area contributed by atoms with Crippen LogP contribution in [0.4, 0.5) is 4.39 Å². The average molecular weight is 383 g/mol. The molecule has 1 amide bonds. The lowest BCUT2D eigenvalue weighted by Crippen LogP contribution is -2.49. The first-order valence-corrected chi connectivity index (χ1v) is 9.66. The van der Waals surface area contributed by atoms with E-state index >= 15 is 0 Å². The molecule has 26 heavy (non-hydrogen) atoms. The molecule has 4 nitrogen and oxygen atoms in total. The van der Waals surface area contributed by atoms with Gasteiger partial charge in [0, 0.05) is 32.0 Å². The average Bonchev–Trinajstić information content (AvgIpc) is 3.08. The van der Waals surface area contributed by atoms with Crippen molar-refractivity contribution in [3.8, 4) is 5.75 Å². The van der Waals surface area contributed by atoms with Gasteiger partial charge in [-0.25, -0.2) is 4.39 Å². The Hall–Kier alpha value is -1.33. The fraction of sp³-hybridized carbons (Fsp3) is 0.650. The maximum Gasteiger partial charge on any atom is 0.239 e. The van der Waals surface area contributed by atoms with E-state index in [2.05, 4.69) is 5.32 Å². The molecule has 0 aromatic heterocycles. The largest absolute Gasteiger partial charge is 0.490 e. The topological polar surface area (TPSA) is 41.6 Å². The van der Waals surface area contributed by atoms with Gasteiger partial charge in [-0.3, -0.25) is 4.79 Å². The summed E-state index contributed by atoms with van der Waals surface area (Å²) in [4.78, 5) is 14.8. The lowest BCUT2D eigenvalue weighted by molar-refractivity contribution is -0.135. The van der Waals surface area contributed by atoms with Gasteiger partial charge in [0.25, 0.3) is 0 Å². The molecule has 2 heterocycles. The van der Waals surface area contributed by atoms with Crippen molar-refractivity contribution in [3.05, 3.63) is 30.1 Å². The van der Waals surface area contributed by atoms with E-state index in [4.69, 9.17) is 4.74 Å². The van der Waals surface area contributed by atoms with Crippen LogP contribution in [-0.4, -0.2) is 42.1 Å². The number of hydrogen-bond donors (Lipinski definition) is 1. The van der Waals surface area contributed by atoms with E-state index in [-0.39, 0.29) is 36.3 Å². The Bertz CT molecular complexity index is 590. The Balaban J connectivity index is 0.00000196. The predicted octanol–water partition coefficient (Wildman–Crippen LogP) is 3.54. The fourth-order valence-electron chi connectivity index (χ4n) is 4.63. The third-order valence-corrected chi connectivity index (χ3v) is 6.03. The summed E-state index contributed by atoms with van der Waals surface area (Å²) >= 11 is 0. The van der Waals surface area contributed by atoms with Crippen LogP contribution in [0.2, 0.25) is 0 Å². The molecule has 1 saturated carbocycles. The Morgan fingerprint density at radius 2 is 1.77 bits per heavy atom. The van der Waals surface area contributed by atoms with E-state index < -0.39 is 0 Å². The lowest BCUT2D eigenvalue weighted by atomic mass is 9.85. The zero-order chi connectivity index (χ0) is 17.2. The van der Waals surface area contributed by atoms with E-state index in [0.29, 0.717) is 17.7 Å². The quantitative estimate of drug-likeness (QED) is 0.869. The molecule has 6 heteroatoms. The first kappa shape index (κ1) is 19.4. The van der Waals surface area contributed by atoms with Crippen LogP contribution in [0.1, 0.15) is 44.9 Å². The molecule has 144 valence electrons. The molecule has 1 N–H and O–H groups in total. The highest BCUT2D eigenvalue weighted by Gasteiger charge is 2.40. The summed E-state index contributed by atoms with van der Waals surface area (Å²) in [6.07, 6.45) is 7.89. The van der Waals surface area contributed by atoms with Crippen LogP contribution in [0.3, 0.4) is 0 Å². The van der Waals surface area contributed by atoms with Crippen molar-refractivity contribution < 1.29 is 13.9 Å². The van der Waals surface area contributed by atoms with E-state index in [1.165, 1.54) is 37.8 Å². The molecule has 1 aromatic rings. The number of piperidine rings is 1. The Morgan fingerprint density at radius 1 is 1.08 bits per heavy atom. The third-order valence-electron chi connectivity index (χ3n) is 6.03. The van der Waals surface area contributed by atoms with E-state index in [1.54, 1.807) is 12.1 Å². The second-order valence-corrected chi connectivity index (χ2v) is 7.70. The maximum atomic E-state index is 13.0. The van der Waals surface area contributed by atoms with Crippen LogP contribution >= 0.6 is 12.4 Å². The van der Waals surface area contributed by atoms with Crippen molar-refractivity contribution in [2.24, 2.45) is 5.92 Å². The number of amides is 1. The summed E-state index contributed by atoms with van der Waals surface area (Å²) in [6, 6.07) is 6.73. The number of hydrogen-bond acceptors (Lipinski definition) is 3. The highest BCUT2D eigenvalue weighted by molar-refractivity contribution is 5.85. The molecule has 2 saturated heterocycles. The summed E-state index contributed by atoms with van der Waals surface area (Å²) in [5, 5.41) is 3.59. The van der Waals surface area contributed by atoms with Crippen molar-refractivity contribution in [1.82, 2.24) is 10.2 Å². The van der Waals surface area contributed by atoms with Crippen molar-refractivity contribution in [2.45, 2.75) is 63.1 Å². The van der Waals surface area contributed by atoms with Crippen molar-refractivity contribution in [2.75, 3.05) is 13.1 Å². The van der Waals surface area contributed by atoms with Gasteiger partial charge in [-0.05, 0) is 49.4 Å². The fourth-order valence-corrected chi connectivity index (χ4v) is 4.63. The zero-order valence-electron chi connectivity index (χ0n) is 15.0. The van der Waals surface area contributed by atoms with Crippen LogP contribution in [0, 0.1) is 11.7 Å². The van der Waals surface area contributed by atoms with Gasteiger partial charge in [-0.2, -0.15) is 0 Å². The number of fused-ring (bicyclic) bond motifs is 1. The highest BCUT2D eigenvalue weighted by Crippen LogP contribution is 2.34. The number of halogens is 2. The van der Waals surface area contributed by atoms with E-state index in [9.17, 15) is 9.18 Å². The Labute approximate surface area is 160 Å². The van der Waals surface area contributed by atoms with Crippen LogP contribution in [0.15, 0.2) is 24.3 Å². The second-order valence-electron chi connectivity index (χ2n) is 7.70. The van der Waals surface area contributed by atoms with Crippen LogP contribution < -0.4 is 10.1 Å². The number of benzene rings is 1. The van der Waals surface area contributed by atoms with Crippen molar-refractivity contribution in [1.29, 1.82) is 0 Å². The molecule has 1 aromatic carbocycles. The maximum absolute atomic E-state index is 13.0. The first-order valence-electron chi connectivity index (χ1n) is 9.66. The number of likely N-dealkylation sites (tertiary alicyclic amines) is 1. The first-order chi connectivity index (χ1) is 12.2. The minimum absolute atomic E-state index is 0. The van der Waals surface area contributed by atoms with Gasteiger partial charge in [0.15, 0.2) is 0 Å². The number of carbonyl (C=O) groups excluding carboxylic acids is 1. The van der Waals surface area contributed by atoms with E-state index in [0.717, 1.165) is 32.4 Å². The van der Waals surface area contributed by atoms with Gasteiger partial charge < -0.3 is 15.0 Å². The summed E-state index contributed by atoms with van der Waals surface area (Å²) in [5.74, 6) is 1.42. The summed E-state index contributed by atoms with van der Waals surface area (Å²) < 4.78 is 18.9. The molecule has 0 radical (unpaired) electrons. The summed E-state index contributed by atoms with van der Waals surface area (Å²) in [5.41, 5.74) is 0. The van der Waals surface area contributed by atoms with Crippen LogP contribution in [-0.2, 0) is 4.79 Å². The van der Waals surface area contributed by atoms with Crippen molar-refractivity contribution >= 4 is 18.3 Å². The smallest absolute Gasteiger partial charge is 0.239 e. The Morgan fingerprint density at radius 3 is 2.46 bits per heavy atom. The number of nitrogens with one attached hydrogen (secondary N) is 1. The normalized spacial score (nSPS) is 29.0. The molecule has 2 aliphatic heterocycles. The SMILES string of the molecule is Cl.O=C(C1CC2CCCCC2N1)N1CCC(Oc2ccc(F)cc2)CC1. The van der Waals surface area contributed by atoms with Crippen LogP contribution in [0.25, 0.3) is 0 Å². The van der Waals surface area contributed by atoms with Gasteiger partial charge in [-0.1, -0.05) is 12.8 Å². The molecule has 3 aliphatic rings. The van der Waals surface area contributed by atoms with Gasteiger partial charge >= 0.3 is 0 Å². The number of carbonyl (C=O) groups is 1. The summed E-state index contributed by atoms with van der Waals surface area (Å²) in [7, 11) is 0. The lowest BCUT2D eigenvalue weighted by Gasteiger charge is -2.33. The zero-order valence-corrected chi connectivity index (χ0v) is 15.8. The van der Waals surface area contributed by atoms with Gasteiger partial charge in [0.05, 0.1) is 6.04 Å². The monoisotopic (exact) mass is 382 g/mol. The predicted molar refractivity (Wildman–Crippen MR) is 101 cm³/mol. The minimum Gasteiger partial charge on any atom is -0.490 e. The molecule has 0 spiro atoms. The molecule has 0 bridgehead atoms. The number of nitrogens with zero attached hydrogens (tertiary/aromatic N) is 1. The molecule has 3 unspecified atom stereocenters. The standard InChI is InChI=1S/C20H27FN2O2.ClH/c21-15-5-7-16(8-6-15)25-17-9-11-23(12-10-17)20(24)19-13-14-3-1-2-4-18(14)22-19;/h5-8,14,17-19,22H,1-4,9-13H2;1H. The molecular formula is C20H28ClFN2O2. The number of ether oxygens (including phenoxy) is 1. The van der Waals surface area contributed by atoms with Crippen LogP contribution in [0.5, 0.6) is 5.75 Å². The Kier molecular flexibility index (Phi) is 6.41. The van der Waals surface area contributed by atoms with Crippen molar-refractivity contribution in [3.63, 3.8) is 0 Å². The summed E-state index contributed by atoms with van der Waals surface area (Å²) in [6.45, 7) is 1.50.